The molecule has 1 saturated heterocycles. The summed E-state index contributed by atoms with van der Waals surface area (Å²) in [6.45, 7) is 3.32. The summed E-state index contributed by atoms with van der Waals surface area (Å²) in [5.74, 6) is 1.09. The van der Waals surface area contributed by atoms with E-state index in [4.69, 9.17) is 0 Å². The molecular formula is C22H27N3O2. The lowest BCUT2D eigenvalue weighted by Crippen LogP contribution is -2.44. The molecular weight excluding hydrogens is 338 g/mol. The third-order valence-electron chi connectivity index (χ3n) is 5.86. The molecule has 4 rings (SSSR count). The fourth-order valence-electron chi connectivity index (χ4n) is 3.99. The van der Waals surface area contributed by atoms with Gasteiger partial charge in [0.05, 0.1) is 5.69 Å². The van der Waals surface area contributed by atoms with E-state index in [1.165, 1.54) is 10.2 Å². The average Bonchev–Trinajstić information content (AvgIpc) is 3.54. The first-order valence-corrected chi connectivity index (χ1v) is 10.0. The van der Waals surface area contributed by atoms with Crippen LogP contribution in [0, 0.1) is 5.92 Å². The lowest BCUT2D eigenvalue weighted by molar-refractivity contribution is -0.136. The molecule has 0 spiro atoms. The van der Waals surface area contributed by atoms with E-state index in [-0.39, 0.29) is 11.5 Å². The van der Waals surface area contributed by atoms with Gasteiger partial charge in [0.25, 0.3) is 5.56 Å². The van der Waals surface area contributed by atoms with Crippen LogP contribution in [-0.4, -0.2) is 33.7 Å². The zero-order valence-electron chi connectivity index (χ0n) is 15.9. The summed E-state index contributed by atoms with van der Waals surface area (Å²) in [7, 11) is 0. The molecule has 2 fully saturated rings. The van der Waals surface area contributed by atoms with Gasteiger partial charge in [0.2, 0.25) is 5.91 Å². The maximum Gasteiger partial charge on any atom is 0.267 e. The number of benzene rings is 1. The topological polar surface area (TPSA) is 55.2 Å². The van der Waals surface area contributed by atoms with Crippen LogP contribution >= 0.6 is 0 Å². The first-order valence-electron chi connectivity index (χ1n) is 10.0. The first-order chi connectivity index (χ1) is 13.1. The molecule has 0 bridgehead atoms. The first kappa shape index (κ1) is 18.0. The second-order valence-corrected chi connectivity index (χ2v) is 7.95. The molecule has 1 unspecified atom stereocenters. The molecule has 1 amide bonds. The summed E-state index contributed by atoms with van der Waals surface area (Å²) < 4.78 is 1.38. The predicted octanol–water partition coefficient (Wildman–Crippen LogP) is 3.16. The van der Waals surface area contributed by atoms with E-state index in [1.807, 2.05) is 17.0 Å². The highest BCUT2D eigenvalue weighted by Crippen LogP contribution is 2.38. The van der Waals surface area contributed by atoms with Crippen molar-refractivity contribution in [3.05, 3.63) is 64.1 Å². The quantitative estimate of drug-likeness (QED) is 0.818. The number of hydrogen-bond donors (Lipinski definition) is 0. The lowest BCUT2D eigenvalue weighted by atomic mass is 9.90. The monoisotopic (exact) mass is 365 g/mol. The van der Waals surface area contributed by atoms with Crippen LogP contribution in [0.2, 0.25) is 0 Å². The largest absolute Gasteiger partial charge is 0.341 e. The van der Waals surface area contributed by atoms with Crippen molar-refractivity contribution in [3.63, 3.8) is 0 Å². The van der Waals surface area contributed by atoms with E-state index in [2.05, 4.69) is 29.4 Å². The van der Waals surface area contributed by atoms with E-state index >= 15 is 0 Å². The van der Waals surface area contributed by atoms with Crippen molar-refractivity contribution < 1.29 is 4.79 Å². The molecule has 27 heavy (non-hydrogen) atoms. The van der Waals surface area contributed by atoms with Crippen LogP contribution in [0.1, 0.15) is 55.8 Å². The fraction of sp³-hybridized carbons (Fsp3) is 0.500. The second-order valence-electron chi connectivity index (χ2n) is 7.95. The molecule has 1 aliphatic carbocycles. The number of hydrogen-bond acceptors (Lipinski definition) is 3. The van der Waals surface area contributed by atoms with Crippen LogP contribution in [0.4, 0.5) is 0 Å². The van der Waals surface area contributed by atoms with Crippen LogP contribution in [-0.2, 0) is 11.2 Å². The Morgan fingerprint density at radius 1 is 1.07 bits per heavy atom. The highest BCUT2D eigenvalue weighted by Gasteiger charge is 2.30. The van der Waals surface area contributed by atoms with Crippen LogP contribution in [0.5, 0.6) is 0 Å². The average molecular weight is 365 g/mol. The van der Waals surface area contributed by atoms with Crippen molar-refractivity contribution in [2.45, 2.75) is 51.0 Å². The fourth-order valence-corrected chi connectivity index (χ4v) is 3.99. The van der Waals surface area contributed by atoms with Crippen molar-refractivity contribution in [2.75, 3.05) is 13.1 Å². The number of nitrogens with zero attached hydrogens (tertiary/aromatic N) is 3. The Morgan fingerprint density at radius 3 is 2.44 bits per heavy atom. The Balaban J connectivity index is 1.37. The molecule has 1 saturated carbocycles. The Labute approximate surface area is 160 Å². The molecule has 2 aromatic rings. The van der Waals surface area contributed by atoms with Crippen molar-refractivity contribution in [1.82, 2.24) is 14.7 Å². The maximum atomic E-state index is 12.9. The molecule has 142 valence electrons. The van der Waals surface area contributed by atoms with E-state index in [0.29, 0.717) is 11.8 Å². The molecule has 5 heteroatoms. The van der Waals surface area contributed by atoms with E-state index in [1.54, 1.807) is 13.0 Å². The lowest BCUT2D eigenvalue weighted by Gasteiger charge is -2.33. The summed E-state index contributed by atoms with van der Waals surface area (Å²) in [4.78, 5) is 27.1. The van der Waals surface area contributed by atoms with Gasteiger partial charge in [-0.15, -0.1) is 0 Å². The minimum absolute atomic E-state index is 0.00991. The normalized spacial score (nSPS) is 19.1. The van der Waals surface area contributed by atoms with Crippen molar-refractivity contribution in [1.29, 1.82) is 0 Å². The zero-order chi connectivity index (χ0) is 18.8. The van der Waals surface area contributed by atoms with Crippen LogP contribution in [0.25, 0.3) is 0 Å². The molecule has 1 aromatic heterocycles. The standard InChI is InChI=1S/C22H27N3O2/c1-16(25-21(26)10-9-20(23-25)19-7-8-19)22(27)24-13-11-18(12-14-24)15-17-5-3-2-4-6-17/h2-6,9-10,16,18-19H,7-8,11-15H2,1H3. The van der Waals surface area contributed by atoms with Crippen LogP contribution < -0.4 is 5.56 Å². The van der Waals surface area contributed by atoms with Gasteiger partial charge in [0, 0.05) is 25.1 Å². The highest BCUT2D eigenvalue weighted by atomic mass is 16.2. The second kappa shape index (κ2) is 7.67. The number of likely N-dealkylation sites (tertiary alicyclic amines) is 1. The molecule has 2 heterocycles. The minimum Gasteiger partial charge on any atom is -0.341 e. The smallest absolute Gasteiger partial charge is 0.267 e. The minimum atomic E-state index is -0.540. The maximum absolute atomic E-state index is 12.9. The molecule has 2 aliphatic rings. The number of rotatable bonds is 5. The number of carbonyl (C=O) groups is 1. The number of aromatic nitrogens is 2. The van der Waals surface area contributed by atoms with Gasteiger partial charge in [0.1, 0.15) is 6.04 Å². The zero-order valence-corrected chi connectivity index (χ0v) is 15.9. The number of carbonyl (C=O) groups excluding carboxylic acids is 1. The highest BCUT2D eigenvalue weighted by molar-refractivity contribution is 5.80. The summed E-state index contributed by atoms with van der Waals surface area (Å²) in [5, 5.41) is 4.48. The molecule has 1 atom stereocenters. The Kier molecular flexibility index (Phi) is 5.10. The van der Waals surface area contributed by atoms with Gasteiger partial charge in [0.15, 0.2) is 0 Å². The summed E-state index contributed by atoms with van der Waals surface area (Å²) in [6.07, 6.45) is 5.35. The van der Waals surface area contributed by atoms with Crippen molar-refractivity contribution >= 4 is 5.91 Å². The molecule has 0 radical (unpaired) electrons. The van der Waals surface area contributed by atoms with Gasteiger partial charge in [-0.05, 0) is 56.6 Å². The van der Waals surface area contributed by atoms with E-state index < -0.39 is 6.04 Å². The van der Waals surface area contributed by atoms with Crippen molar-refractivity contribution in [2.24, 2.45) is 5.92 Å². The Morgan fingerprint density at radius 2 is 1.78 bits per heavy atom. The third-order valence-corrected chi connectivity index (χ3v) is 5.86. The van der Waals surface area contributed by atoms with Gasteiger partial charge in [-0.3, -0.25) is 9.59 Å². The molecule has 0 N–H and O–H groups in total. The van der Waals surface area contributed by atoms with Gasteiger partial charge in [-0.2, -0.15) is 5.10 Å². The van der Waals surface area contributed by atoms with E-state index in [9.17, 15) is 9.59 Å². The predicted molar refractivity (Wildman–Crippen MR) is 105 cm³/mol. The van der Waals surface area contributed by atoms with E-state index in [0.717, 1.165) is 50.9 Å². The number of piperidine rings is 1. The third kappa shape index (κ3) is 4.12. The molecule has 1 aliphatic heterocycles. The summed E-state index contributed by atoms with van der Waals surface area (Å²) in [5.41, 5.74) is 2.11. The SMILES string of the molecule is CC(C(=O)N1CCC(Cc2ccccc2)CC1)n1nc(C2CC2)ccc1=O. The van der Waals surface area contributed by atoms with Crippen LogP contribution in [0.15, 0.2) is 47.3 Å². The van der Waals surface area contributed by atoms with Crippen molar-refractivity contribution in [3.8, 4) is 0 Å². The number of amides is 1. The van der Waals surface area contributed by atoms with Gasteiger partial charge >= 0.3 is 0 Å². The molecule has 5 nitrogen and oxygen atoms in total. The Hall–Kier alpha value is -2.43. The summed E-state index contributed by atoms with van der Waals surface area (Å²) in [6, 6.07) is 13.4. The van der Waals surface area contributed by atoms with Gasteiger partial charge in [-0.1, -0.05) is 30.3 Å². The molecule has 1 aromatic carbocycles. The van der Waals surface area contributed by atoms with Crippen LogP contribution in [0.3, 0.4) is 0 Å². The summed E-state index contributed by atoms with van der Waals surface area (Å²) >= 11 is 0. The van der Waals surface area contributed by atoms with Gasteiger partial charge < -0.3 is 4.90 Å². The van der Waals surface area contributed by atoms with Gasteiger partial charge in [-0.25, -0.2) is 4.68 Å². The Bertz CT molecular complexity index is 849.